The van der Waals surface area contributed by atoms with E-state index in [1.165, 1.54) is 6.21 Å². The van der Waals surface area contributed by atoms with Crippen molar-refractivity contribution in [2.24, 2.45) is 4.99 Å². The van der Waals surface area contributed by atoms with Gasteiger partial charge in [-0.2, -0.15) is 13.2 Å². The molecule has 31 heavy (non-hydrogen) atoms. The predicted octanol–water partition coefficient (Wildman–Crippen LogP) is 2.31. The van der Waals surface area contributed by atoms with Crippen LogP contribution in [0.15, 0.2) is 35.5 Å². The van der Waals surface area contributed by atoms with Crippen molar-refractivity contribution in [3.05, 3.63) is 47.8 Å². The summed E-state index contributed by atoms with van der Waals surface area (Å²) in [6.07, 6.45) is -2.87. The maximum Gasteiger partial charge on any atom is 0.434 e. The largest absolute Gasteiger partial charge is 0.434 e. The Morgan fingerprint density at radius 1 is 1.13 bits per heavy atom. The van der Waals surface area contributed by atoms with Gasteiger partial charge in [-0.1, -0.05) is 12.1 Å². The molecule has 2 aromatic heterocycles. The van der Waals surface area contributed by atoms with Crippen LogP contribution in [-0.2, 0) is 12.7 Å². The molecule has 164 valence electrons. The van der Waals surface area contributed by atoms with Gasteiger partial charge in [-0.15, -0.1) is 0 Å². The Kier molecular flexibility index (Phi) is 4.74. The van der Waals surface area contributed by atoms with E-state index in [4.69, 9.17) is 0 Å². The lowest BCUT2D eigenvalue weighted by Crippen LogP contribution is -2.63. The number of aromatic amines is 1. The lowest BCUT2D eigenvalue weighted by molar-refractivity contribution is -0.144. The highest BCUT2D eigenvalue weighted by molar-refractivity contribution is 5.77. The molecule has 4 heterocycles. The number of aliphatic imine (C=N–C) groups is 1. The maximum atomic E-state index is 13.8. The minimum Gasteiger partial charge on any atom is -0.340 e. The van der Waals surface area contributed by atoms with Crippen LogP contribution in [0.4, 0.5) is 13.2 Å². The quantitative estimate of drug-likeness (QED) is 0.664. The molecule has 3 atom stereocenters. The Hall–Kier alpha value is -2.92. The van der Waals surface area contributed by atoms with Crippen LogP contribution in [0.5, 0.6) is 0 Å². The normalized spacial score (nSPS) is 24.7. The number of para-hydroxylation sites is 2. The van der Waals surface area contributed by atoms with Crippen molar-refractivity contribution >= 4 is 17.2 Å². The molecule has 3 aromatic rings. The molecular formula is C20H23F3N8. The number of nitrogens with zero attached hydrogens (tertiary/aromatic N) is 6. The summed E-state index contributed by atoms with van der Waals surface area (Å²) in [6.45, 7) is 5.56. The van der Waals surface area contributed by atoms with E-state index in [1.54, 1.807) is 5.01 Å². The average molecular weight is 432 g/mol. The maximum absolute atomic E-state index is 13.8. The summed E-state index contributed by atoms with van der Waals surface area (Å²) in [5, 5.41) is 5.04. The van der Waals surface area contributed by atoms with Crippen LogP contribution in [0.1, 0.15) is 31.2 Å². The molecule has 0 spiro atoms. The number of rotatable bonds is 3. The van der Waals surface area contributed by atoms with Gasteiger partial charge in [0.15, 0.2) is 17.8 Å². The van der Waals surface area contributed by atoms with E-state index in [0.29, 0.717) is 18.9 Å². The van der Waals surface area contributed by atoms with E-state index in [1.807, 2.05) is 24.3 Å². The van der Waals surface area contributed by atoms with Gasteiger partial charge in [-0.3, -0.25) is 9.91 Å². The standard InChI is InChI=1S/C20H23F3N8/c1-12-9-29(10-13(2)26-12)19-25-8-18-24-7-16(20(21,22)23)31(18)30(19)11-17-27-14-5-3-4-6-15(14)28-17/h3-8,12-13,19,26H,9-11H2,1-2H3,(H,27,28)/t12-,13+,19?. The number of benzene rings is 1. The predicted molar refractivity (Wildman–Crippen MR) is 110 cm³/mol. The molecule has 1 saturated heterocycles. The molecule has 0 radical (unpaired) electrons. The Morgan fingerprint density at radius 3 is 2.58 bits per heavy atom. The lowest BCUT2D eigenvalue weighted by Gasteiger charge is -2.45. The first-order chi connectivity index (χ1) is 14.8. The highest BCUT2D eigenvalue weighted by Gasteiger charge is 2.42. The molecule has 2 N–H and O–H groups in total. The minimum atomic E-state index is -4.54. The fraction of sp³-hybridized carbons (Fsp3) is 0.450. The molecule has 0 bridgehead atoms. The summed E-state index contributed by atoms with van der Waals surface area (Å²) in [5.41, 5.74) is 0.771. The van der Waals surface area contributed by atoms with Crippen molar-refractivity contribution in [3.63, 3.8) is 0 Å². The van der Waals surface area contributed by atoms with Gasteiger partial charge in [0, 0.05) is 25.2 Å². The van der Waals surface area contributed by atoms with Crippen molar-refractivity contribution in [3.8, 4) is 0 Å². The van der Waals surface area contributed by atoms with Gasteiger partial charge in [-0.05, 0) is 26.0 Å². The second-order valence-corrected chi connectivity index (χ2v) is 8.16. The molecule has 8 nitrogen and oxygen atoms in total. The SMILES string of the molecule is C[C@@H]1CN(C2N=Cc3ncc(C(F)(F)F)n3N2Cc2nc3ccccc3[nH]2)C[C@H](C)N1. The zero-order valence-electron chi connectivity index (χ0n) is 17.1. The molecular weight excluding hydrogens is 409 g/mol. The number of piperazine rings is 1. The average Bonchev–Trinajstić information content (AvgIpc) is 3.30. The summed E-state index contributed by atoms with van der Waals surface area (Å²) in [7, 11) is 0. The van der Waals surface area contributed by atoms with Gasteiger partial charge in [0.1, 0.15) is 5.82 Å². The number of hydrogen-bond donors (Lipinski definition) is 2. The molecule has 1 fully saturated rings. The van der Waals surface area contributed by atoms with Crippen LogP contribution >= 0.6 is 0 Å². The topological polar surface area (TPSA) is 77.4 Å². The van der Waals surface area contributed by atoms with Gasteiger partial charge in [0.2, 0.25) is 0 Å². The van der Waals surface area contributed by atoms with E-state index in [2.05, 4.69) is 44.0 Å². The van der Waals surface area contributed by atoms with Crippen LogP contribution in [-0.4, -0.2) is 62.2 Å². The molecule has 0 aliphatic carbocycles. The van der Waals surface area contributed by atoms with Gasteiger partial charge >= 0.3 is 6.18 Å². The number of aromatic nitrogens is 4. The van der Waals surface area contributed by atoms with Crippen LogP contribution < -0.4 is 10.3 Å². The fourth-order valence-corrected chi connectivity index (χ4v) is 4.45. The van der Waals surface area contributed by atoms with Gasteiger partial charge < -0.3 is 10.3 Å². The number of hydrogen-bond acceptors (Lipinski definition) is 6. The van der Waals surface area contributed by atoms with E-state index in [-0.39, 0.29) is 24.5 Å². The van der Waals surface area contributed by atoms with Crippen molar-refractivity contribution < 1.29 is 13.2 Å². The first-order valence-electron chi connectivity index (χ1n) is 10.2. The summed E-state index contributed by atoms with van der Waals surface area (Å²) in [5.74, 6) is 0.711. The third-order valence-corrected chi connectivity index (χ3v) is 5.56. The molecule has 5 rings (SSSR count). The van der Waals surface area contributed by atoms with E-state index in [9.17, 15) is 13.2 Å². The molecule has 2 aliphatic rings. The Bertz CT molecular complexity index is 1070. The Balaban J connectivity index is 1.57. The highest BCUT2D eigenvalue weighted by atomic mass is 19.4. The van der Waals surface area contributed by atoms with Gasteiger partial charge in [-0.25, -0.2) is 19.6 Å². The number of nitrogens with one attached hydrogen (secondary N) is 2. The van der Waals surface area contributed by atoms with Crippen LogP contribution in [0.3, 0.4) is 0 Å². The highest BCUT2D eigenvalue weighted by Crippen LogP contribution is 2.32. The second kappa shape index (κ2) is 7.34. The lowest BCUT2D eigenvalue weighted by atomic mass is 10.1. The second-order valence-electron chi connectivity index (χ2n) is 8.16. The van der Waals surface area contributed by atoms with Gasteiger partial charge in [0.25, 0.3) is 0 Å². The summed E-state index contributed by atoms with van der Waals surface area (Å²) >= 11 is 0. The number of halogens is 3. The number of imidazole rings is 2. The summed E-state index contributed by atoms with van der Waals surface area (Å²) in [4.78, 5) is 18.4. The van der Waals surface area contributed by atoms with Crippen LogP contribution in [0.25, 0.3) is 11.0 Å². The molecule has 1 aromatic carbocycles. The molecule has 2 aliphatic heterocycles. The number of fused-ring (bicyclic) bond motifs is 2. The Morgan fingerprint density at radius 2 is 1.87 bits per heavy atom. The third kappa shape index (κ3) is 3.68. The first kappa shape index (κ1) is 20.0. The molecule has 0 saturated carbocycles. The van der Waals surface area contributed by atoms with E-state index >= 15 is 0 Å². The number of H-pyrrole nitrogens is 1. The first-order valence-corrected chi connectivity index (χ1v) is 10.2. The number of alkyl halides is 3. The van der Waals surface area contributed by atoms with Crippen molar-refractivity contribution in [2.45, 2.75) is 44.9 Å². The molecule has 11 heteroatoms. The zero-order valence-corrected chi connectivity index (χ0v) is 17.1. The molecule has 1 unspecified atom stereocenters. The summed E-state index contributed by atoms with van der Waals surface area (Å²) < 4.78 is 42.5. The van der Waals surface area contributed by atoms with Crippen LogP contribution in [0, 0.1) is 0 Å². The smallest absolute Gasteiger partial charge is 0.340 e. The monoisotopic (exact) mass is 432 g/mol. The van der Waals surface area contributed by atoms with Crippen molar-refractivity contribution in [2.75, 3.05) is 18.1 Å². The van der Waals surface area contributed by atoms with Crippen molar-refractivity contribution in [1.82, 2.24) is 29.8 Å². The molecule has 0 amide bonds. The van der Waals surface area contributed by atoms with E-state index in [0.717, 1.165) is 21.9 Å². The zero-order chi connectivity index (χ0) is 21.8. The minimum absolute atomic E-state index is 0.121. The van der Waals surface area contributed by atoms with E-state index < -0.39 is 18.2 Å². The third-order valence-electron chi connectivity index (χ3n) is 5.56. The van der Waals surface area contributed by atoms with Crippen LogP contribution in [0.2, 0.25) is 0 Å². The van der Waals surface area contributed by atoms with Crippen molar-refractivity contribution in [1.29, 1.82) is 0 Å². The summed E-state index contributed by atoms with van der Waals surface area (Å²) in [6, 6.07) is 7.90. The van der Waals surface area contributed by atoms with Gasteiger partial charge in [0.05, 0.1) is 30.0 Å². The fourth-order valence-electron chi connectivity index (χ4n) is 4.45. The Labute approximate surface area is 176 Å².